The Hall–Kier alpha value is 0.0600. The van der Waals surface area contributed by atoms with E-state index in [1.807, 2.05) is 0 Å². The molecule has 1 unspecified atom stereocenters. The third-order valence-electron chi connectivity index (χ3n) is 2.52. The molecule has 0 spiro atoms. The fraction of sp³-hybridized carbons (Fsp3) is 0.636. The number of nitrogens with two attached hydrogens (primary N) is 2. The van der Waals surface area contributed by atoms with Crippen molar-refractivity contribution in [3.63, 3.8) is 0 Å². The molecule has 0 fully saturated rings. The van der Waals surface area contributed by atoms with Gasteiger partial charge in [0.05, 0.1) is 3.79 Å². The van der Waals surface area contributed by atoms with Crippen LogP contribution in [0.5, 0.6) is 0 Å². The molecule has 0 aliphatic heterocycles. The van der Waals surface area contributed by atoms with E-state index in [0.717, 1.165) is 13.1 Å². The minimum absolute atomic E-state index is 0.0471. The van der Waals surface area contributed by atoms with Gasteiger partial charge in [-0.2, -0.15) is 0 Å². The maximum atomic E-state index is 5.75. The Bertz CT molecular complexity index is 325. The Morgan fingerprint density at radius 2 is 2.19 bits per heavy atom. The first kappa shape index (κ1) is 14.1. The van der Waals surface area contributed by atoms with Gasteiger partial charge in [0, 0.05) is 36.0 Å². The second-order valence-electron chi connectivity index (χ2n) is 4.61. The van der Waals surface area contributed by atoms with E-state index < -0.39 is 0 Å². The summed E-state index contributed by atoms with van der Waals surface area (Å²) in [6.45, 7) is 6.66. The lowest BCUT2D eigenvalue weighted by molar-refractivity contribution is 0.460. The van der Waals surface area contributed by atoms with Crippen LogP contribution in [0.1, 0.15) is 18.7 Å². The molecule has 1 aromatic heterocycles. The van der Waals surface area contributed by atoms with Crippen LogP contribution in [0.2, 0.25) is 0 Å². The van der Waals surface area contributed by atoms with Crippen LogP contribution in [-0.4, -0.2) is 25.7 Å². The molecule has 0 aromatic carbocycles. The zero-order valence-electron chi connectivity index (χ0n) is 9.79. The molecule has 5 heteroatoms. The van der Waals surface area contributed by atoms with E-state index in [0.29, 0.717) is 6.54 Å². The molecule has 0 bridgehead atoms. The molecule has 0 radical (unpaired) electrons. The van der Waals surface area contributed by atoms with E-state index in [1.165, 1.54) is 8.66 Å². The molecule has 1 rings (SSSR count). The van der Waals surface area contributed by atoms with E-state index >= 15 is 0 Å². The monoisotopic (exact) mass is 305 g/mol. The molecule has 0 saturated heterocycles. The fourth-order valence-electron chi connectivity index (χ4n) is 1.42. The highest BCUT2D eigenvalue weighted by Crippen LogP contribution is 2.32. The van der Waals surface area contributed by atoms with Crippen LogP contribution in [0.4, 0.5) is 0 Å². The molecular formula is C11H20BrN3S. The van der Waals surface area contributed by atoms with Crippen LogP contribution in [0.25, 0.3) is 0 Å². The highest BCUT2D eigenvalue weighted by molar-refractivity contribution is 9.11. The maximum Gasteiger partial charge on any atom is 0.0701 e. The first-order valence-electron chi connectivity index (χ1n) is 5.38. The summed E-state index contributed by atoms with van der Waals surface area (Å²) in [7, 11) is 0. The average molecular weight is 306 g/mol. The van der Waals surface area contributed by atoms with Gasteiger partial charge in [-0.15, -0.1) is 11.3 Å². The van der Waals surface area contributed by atoms with Gasteiger partial charge in [-0.3, -0.25) is 0 Å². The van der Waals surface area contributed by atoms with Gasteiger partial charge >= 0.3 is 0 Å². The quantitative estimate of drug-likeness (QED) is 0.749. The number of hydrogen-bond donors (Lipinski definition) is 3. The van der Waals surface area contributed by atoms with Crippen LogP contribution < -0.4 is 16.8 Å². The maximum absolute atomic E-state index is 5.75. The van der Waals surface area contributed by atoms with E-state index in [4.69, 9.17) is 11.5 Å². The third kappa shape index (κ3) is 4.14. The van der Waals surface area contributed by atoms with Gasteiger partial charge in [-0.25, -0.2) is 0 Å². The standard InChI is InChI=1S/C11H20BrN3S/c1-11(2,7-15-6-8(14)5-13)9-3-4-10(12)16-9/h3-4,8,15H,5-7,13-14H2,1-2H3. The van der Waals surface area contributed by atoms with Crippen LogP contribution in [0.15, 0.2) is 15.9 Å². The molecule has 0 aliphatic rings. The number of thiophene rings is 1. The average Bonchev–Trinajstić information content (AvgIpc) is 2.65. The van der Waals surface area contributed by atoms with Crippen molar-refractivity contribution in [2.24, 2.45) is 11.5 Å². The molecular weight excluding hydrogens is 286 g/mol. The summed E-state index contributed by atoms with van der Waals surface area (Å²) in [5.41, 5.74) is 11.3. The second-order valence-corrected chi connectivity index (χ2v) is 7.08. The molecule has 92 valence electrons. The summed E-state index contributed by atoms with van der Waals surface area (Å²) >= 11 is 5.27. The molecule has 1 heterocycles. The summed E-state index contributed by atoms with van der Waals surface area (Å²) in [4.78, 5) is 1.37. The van der Waals surface area contributed by atoms with Gasteiger partial charge in [-0.05, 0) is 28.1 Å². The predicted octanol–water partition coefficient (Wildman–Crippen LogP) is 1.66. The lowest BCUT2D eigenvalue weighted by Crippen LogP contribution is -2.43. The topological polar surface area (TPSA) is 64.1 Å². The molecule has 0 amide bonds. The van der Waals surface area contributed by atoms with E-state index in [-0.39, 0.29) is 11.5 Å². The molecule has 16 heavy (non-hydrogen) atoms. The van der Waals surface area contributed by atoms with Gasteiger partial charge in [0.15, 0.2) is 0 Å². The first-order chi connectivity index (χ1) is 7.45. The number of halogens is 1. The van der Waals surface area contributed by atoms with Crippen molar-refractivity contribution in [3.8, 4) is 0 Å². The van der Waals surface area contributed by atoms with E-state index in [9.17, 15) is 0 Å². The molecule has 3 nitrogen and oxygen atoms in total. The molecule has 1 atom stereocenters. The molecule has 0 saturated carbocycles. The van der Waals surface area contributed by atoms with Gasteiger partial charge < -0.3 is 16.8 Å². The van der Waals surface area contributed by atoms with Crippen molar-refractivity contribution in [2.45, 2.75) is 25.3 Å². The van der Waals surface area contributed by atoms with Crippen LogP contribution in [-0.2, 0) is 5.41 Å². The predicted molar refractivity (Wildman–Crippen MR) is 74.9 cm³/mol. The number of rotatable bonds is 6. The summed E-state index contributed by atoms with van der Waals surface area (Å²) < 4.78 is 1.18. The largest absolute Gasteiger partial charge is 0.329 e. The second kappa shape index (κ2) is 6.12. The van der Waals surface area contributed by atoms with Gasteiger partial charge in [0.2, 0.25) is 0 Å². The third-order valence-corrected chi connectivity index (χ3v) is 4.51. The Labute approximate surface area is 110 Å². The van der Waals surface area contributed by atoms with Crippen molar-refractivity contribution in [1.29, 1.82) is 0 Å². The van der Waals surface area contributed by atoms with Crippen molar-refractivity contribution in [3.05, 3.63) is 20.8 Å². The van der Waals surface area contributed by atoms with Gasteiger partial charge in [0.25, 0.3) is 0 Å². The number of nitrogens with one attached hydrogen (secondary N) is 1. The molecule has 5 N–H and O–H groups in total. The SMILES string of the molecule is CC(C)(CNCC(N)CN)c1ccc(Br)s1. The highest BCUT2D eigenvalue weighted by atomic mass is 79.9. The normalized spacial score (nSPS) is 14.1. The Kier molecular flexibility index (Phi) is 5.40. The zero-order chi connectivity index (χ0) is 12.2. The Morgan fingerprint density at radius 1 is 1.50 bits per heavy atom. The van der Waals surface area contributed by atoms with Crippen molar-refractivity contribution in [1.82, 2.24) is 5.32 Å². The zero-order valence-corrected chi connectivity index (χ0v) is 12.2. The van der Waals surface area contributed by atoms with E-state index in [2.05, 4.69) is 47.2 Å². The van der Waals surface area contributed by atoms with E-state index in [1.54, 1.807) is 11.3 Å². The Balaban J connectivity index is 2.46. The summed E-state index contributed by atoms with van der Waals surface area (Å²) in [6, 6.07) is 4.30. The van der Waals surface area contributed by atoms with Crippen molar-refractivity contribution < 1.29 is 0 Å². The van der Waals surface area contributed by atoms with Gasteiger partial charge in [0.1, 0.15) is 0 Å². The lowest BCUT2D eigenvalue weighted by Gasteiger charge is -2.24. The molecule has 1 aromatic rings. The van der Waals surface area contributed by atoms with Crippen LogP contribution in [0.3, 0.4) is 0 Å². The van der Waals surface area contributed by atoms with Crippen molar-refractivity contribution in [2.75, 3.05) is 19.6 Å². The number of hydrogen-bond acceptors (Lipinski definition) is 4. The minimum Gasteiger partial charge on any atom is -0.329 e. The fourth-order valence-corrected chi connectivity index (χ4v) is 2.90. The smallest absolute Gasteiger partial charge is 0.0701 e. The lowest BCUT2D eigenvalue weighted by atomic mass is 9.91. The minimum atomic E-state index is 0.0471. The van der Waals surface area contributed by atoms with Crippen LogP contribution in [0, 0.1) is 0 Å². The van der Waals surface area contributed by atoms with Crippen molar-refractivity contribution >= 4 is 27.3 Å². The summed E-state index contributed by atoms with van der Waals surface area (Å²) in [5.74, 6) is 0. The summed E-state index contributed by atoms with van der Waals surface area (Å²) in [6.07, 6.45) is 0. The van der Waals surface area contributed by atoms with Gasteiger partial charge in [-0.1, -0.05) is 13.8 Å². The Morgan fingerprint density at radius 3 is 2.69 bits per heavy atom. The summed E-state index contributed by atoms with van der Waals surface area (Å²) in [5, 5.41) is 3.37. The first-order valence-corrected chi connectivity index (χ1v) is 6.99. The van der Waals surface area contributed by atoms with Crippen LogP contribution >= 0.6 is 27.3 Å². The molecule has 0 aliphatic carbocycles. The highest BCUT2D eigenvalue weighted by Gasteiger charge is 2.22.